The second-order valence-electron chi connectivity index (χ2n) is 15.9. The van der Waals surface area contributed by atoms with Gasteiger partial charge in [-0.15, -0.1) is 0 Å². The molecule has 3 heterocycles. The molecule has 2 aliphatic carbocycles. The minimum atomic E-state index is -0.983. The average Bonchev–Trinajstić information content (AvgIpc) is 3.77. The van der Waals surface area contributed by atoms with Gasteiger partial charge in [0.25, 0.3) is 11.8 Å². The summed E-state index contributed by atoms with van der Waals surface area (Å²) in [4.78, 5) is 94.3. The van der Waals surface area contributed by atoms with E-state index in [9.17, 15) is 28.8 Å². The van der Waals surface area contributed by atoms with Gasteiger partial charge < -0.3 is 25.8 Å². The fourth-order valence-electron chi connectivity index (χ4n) is 8.65. The Balaban J connectivity index is 1.38. The molecule has 3 N–H and O–H groups in total. The molecule has 4 aliphatic rings. The van der Waals surface area contributed by atoms with Gasteiger partial charge in [-0.1, -0.05) is 60.3 Å². The fourth-order valence-corrected chi connectivity index (χ4v) is 8.65. The van der Waals surface area contributed by atoms with Gasteiger partial charge in [0.15, 0.2) is 0 Å². The maximum absolute atomic E-state index is 14.6. The summed E-state index contributed by atoms with van der Waals surface area (Å²) in [5.74, 6) is -3.07. The molecule has 0 spiro atoms. The van der Waals surface area contributed by atoms with E-state index < -0.39 is 53.1 Å². The minimum absolute atomic E-state index is 0.0757. The Hall–Kier alpha value is -3.90. The summed E-state index contributed by atoms with van der Waals surface area (Å²) in [5.41, 5.74) is -0.629. The van der Waals surface area contributed by atoms with Crippen LogP contribution in [0.3, 0.4) is 0 Å². The van der Waals surface area contributed by atoms with E-state index in [4.69, 9.17) is 0 Å². The number of Topliss-reactive ketones (excluding diaryl/α,β-unsaturated/α-hetero) is 1. The second-order valence-corrected chi connectivity index (χ2v) is 15.9. The molecule has 5 rings (SSSR count). The number of ketones is 1. The van der Waals surface area contributed by atoms with Crippen molar-refractivity contribution in [2.75, 3.05) is 6.54 Å². The zero-order valence-electron chi connectivity index (χ0n) is 30.4. The quantitative estimate of drug-likeness (QED) is 0.265. The topological polar surface area (TPSA) is 171 Å². The van der Waals surface area contributed by atoms with Crippen LogP contribution in [0.5, 0.6) is 0 Å². The second kappa shape index (κ2) is 15.6. The lowest BCUT2D eigenvalue weighted by Crippen LogP contribution is -2.61. The SMILES string of the molecule is CCCC(C(=O)C(=O)N[C@@H](C)CC)N1C(=O)[C@@H]2[C@H]3C1CC[C@H]3CN2C(=O)C(NC(=O)C(NC(=O)c1cnccn1)C1CCCCC1)C(C)(C)C. The van der Waals surface area contributed by atoms with Crippen LogP contribution in [0.1, 0.15) is 116 Å². The highest BCUT2D eigenvalue weighted by atomic mass is 16.2. The van der Waals surface area contributed by atoms with E-state index >= 15 is 0 Å². The molecule has 0 radical (unpaired) electrons. The van der Waals surface area contributed by atoms with Gasteiger partial charge in [0.1, 0.15) is 29.9 Å². The molecular formula is C37H55N7O6. The van der Waals surface area contributed by atoms with Gasteiger partial charge in [0, 0.05) is 36.9 Å². The molecule has 0 bridgehead atoms. The van der Waals surface area contributed by atoms with Crippen molar-refractivity contribution in [1.82, 2.24) is 35.7 Å². The first-order valence-corrected chi connectivity index (χ1v) is 18.6. The van der Waals surface area contributed by atoms with Crippen LogP contribution < -0.4 is 16.0 Å². The maximum atomic E-state index is 14.6. The molecule has 5 amide bonds. The highest BCUT2D eigenvalue weighted by molar-refractivity contribution is 6.38. The highest BCUT2D eigenvalue weighted by Crippen LogP contribution is 2.51. The summed E-state index contributed by atoms with van der Waals surface area (Å²) in [7, 11) is 0. The maximum Gasteiger partial charge on any atom is 0.289 e. The first-order valence-electron chi connectivity index (χ1n) is 18.6. The number of hydrogen-bond acceptors (Lipinski definition) is 8. The third kappa shape index (κ3) is 7.56. The first kappa shape index (κ1) is 37.4. The molecule has 13 nitrogen and oxygen atoms in total. The Morgan fingerprint density at radius 1 is 0.960 bits per heavy atom. The van der Waals surface area contributed by atoms with E-state index in [0.717, 1.165) is 38.5 Å². The average molecular weight is 694 g/mol. The van der Waals surface area contributed by atoms with E-state index in [1.807, 2.05) is 41.5 Å². The predicted molar refractivity (Wildman–Crippen MR) is 185 cm³/mol. The number of nitrogens with one attached hydrogen (secondary N) is 3. The van der Waals surface area contributed by atoms with Crippen molar-refractivity contribution in [1.29, 1.82) is 0 Å². The number of rotatable bonds is 13. The van der Waals surface area contributed by atoms with Crippen LogP contribution in [0.15, 0.2) is 18.6 Å². The van der Waals surface area contributed by atoms with Gasteiger partial charge in [0.05, 0.1) is 6.20 Å². The van der Waals surface area contributed by atoms with Crippen LogP contribution in [0.2, 0.25) is 0 Å². The minimum Gasteiger partial charge on any atom is -0.347 e. The molecule has 0 aromatic carbocycles. The van der Waals surface area contributed by atoms with Crippen molar-refractivity contribution in [2.24, 2.45) is 23.2 Å². The number of carbonyl (C=O) groups is 6. The van der Waals surface area contributed by atoms with Crippen molar-refractivity contribution in [3.63, 3.8) is 0 Å². The molecule has 4 fully saturated rings. The lowest BCUT2D eigenvalue weighted by atomic mass is 9.82. The Morgan fingerprint density at radius 3 is 2.30 bits per heavy atom. The molecule has 50 heavy (non-hydrogen) atoms. The standard InChI is InChI=1S/C37H55N7O6/c1-7-12-26(30(45)34(48)40-21(3)8-2)44-25-16-15-23-20-43(29(27(23)25)35(44)49)36(50)31(37(4,5)6)42-33(47)28(22-13-10-9-11-14-22)41-32(46)24-19-38-17-18-39-24/h17-19,21-23,25-29,31H,7-16,20H2,1-6H3,(H,40,48)(H,41,46)(H,42,47)/t21-,23-,25?,26?,27+,28?,29-,31?/m0/s1. The Kier molecular flexibility index (Phi) is 11.6. The van der Waals surface area contributed by atoms with E-state index in [0.29, 0.717) is 32.2 Å². The lowest BCUT2D eigenvalue weighted by molar-refractivity contribution is -0.149. The van der Waals surface area contributed by atoms with Crippen LogP contribution >= 0.6 is 0 Å². The summed E-state index contributed by atoms with van der Waals surface area (Å²) in [5, 5.41) is 8.69. The Morgan fingerprint density at radius 2 is 1.68 bits per heavy atom. The lowest BCUT2D eigenvalue weighted by Gasteiger charge is -2.37. The number of carbonyl (C=O) groups excluding carboxylic acids is 6. The molecule has 2 saturated heterocycles. The van der Waals surface area contributed by atoms with Crippen LogP contribution in [-0.2, 0) is 24.0 Å². The summed E-state index contributed by atoms with van der Waals surface area (Å²) >= 11 is 0. The van der Waals surface area contributed by atoms with Crippen molar-refractivity contribution in [2.45, 2.75) is 142 Å². The van der Waals surface area contributed by atoms with E-state index in [-0.39, 0.29) is 47.3 Å². The van der Waals surface area contributed by atoms with Crippen LogP contribution in [0.25, 0.3) is 0 Å². The van der Waals surface area contributed by atoms with Gasteiger partial charge in [-0.05, 0) is 62.7 Å². The number of hydrogen-bond donors (Lipinski definition) is 3. The van der Waals surface area contributed by atoms with Gasteiger partial charge in [0.2, 0.25) is 23.5 Å². The summed E-state index contributed by atoms with van der Waals surface area (Å²) in [6, 6.07) is -3.93. The molecule has 13 heteroatoms. The molecule has 274 valence electrons. The fraction of sp³-hybridized carbons (Fsp3) is 0.730. The first-order chi connectivity index (χ1) is 23.8. The molecular weight excluding hydrogens is 638 g/mol. The normalized spacial score (nSPS) is 25.8. The van der Waals surface area contributed by atoms with Gasteiger partial charge in [-0.3, -0.25) is 33.8 Å². The van der Waals surface area contributed by atoms with Crippen molar-refractivity contribution >= 4 is 35.3 Å². The van der Waals surface area contributed by atoms with E-state index in [2.05, 4.69) is 25.9 Å². The van der Waals surface area contributed by atoms with Crippen LogP contribution in [0.4, 0.5) is 0 Å². The van der Waals surface area contributed by atoms with Crippen LogP contribution in [-0.4, -0.2) is 97.9 Å². The smallest absolute Gasteiger partial charge is 0.289 e. The molecule has 1 aromatic rings. The summed E-state index contributed by atoms with van der Waals surface area (Å²) in [6.07, 6.45) is 11.9. The van der Waals surface area contributed by atoms with Gasteiger partial charge in [-0.2, -0.15) is 0 Å². The number of likely N-dealkylation sites (tertiary alicyclic amines) is 2. The third-order valence-corrected chi connectivity index (χ3v) is 11.4. The number of aromatic nitrogens is 2. The van der Waals surface area contributed by atoms with Crippen LogP contribution in [0, 0.1) is 23.2 Å². The highest BCUT2D eigenvalue weighted by Gasteiger charge is 2.64. The molecule has 2 saturated carbocycles. The van der Waals surface area contributed by atoms with E-state index in [1.54, 1.807) is 9.80 Å². The molecule has 4 unspecified atom stereocenters. The predicted octanol–water partition coefficient (Wildman–Crippen LogP) is 2.79. The monoisotopic (exact) mass is 693 g/mol. The molecule has 2 aliphatic heterocycles. The number of amides is 5. The zero-order chi connectivity index (χ0) is 36.3. The van der Waals surface area contributed by atoms with Gasteiger partial charge >= 0.3 is 0 Å². The van der Waals surface area contributed by atoms with Crippen molar-refractivity contribution in [3.05, 3.63) is 24.3 Å². The Labute approximate surface area is 295 Å². The molecule has 1 aromatic heterocycles. The van der Waals surface area contributed by atoms with E-state index in [1.165, 1.54) is 18.6 Å². The zero-order valence-corrected chi connectivity index (χ0v) is 30.4. The molecule has 8 atom stereocenters. The Bertz CT molecular complexity index is 1440. The summed E-state index contributed by atoms with van der Waals surface area (Å²) < 4.78 is 0. The largest absolute Gasteiger partial charge is 0.347 e. The van der Waals surface area contributed by atoms with Gasteiger partial charge in [-0.25, -0.2) is 4.98 Å². The summed E-state index contributed by atoms with van der Waals surface area (Å²) in [6.45, 7) is 11.7. The number of nitrogens with zero attached hydrogens (tertiary/aromatic N) is 4. The van der Waals surface area contributed by atoms with Crippen molar-refractivity contribution < 1.29 is 28.8 Å². The third-order valence-electron chi connectivity index (χ3n) is 11.4. The van der Waals surface area contributed by atoms with Crippen molar-refractivity contribution in [3.8, 4) is 0 Å².